The van der Waals surface area contributed by atoms with Crippen molar-refractivity contribution in [1.29, 1.82) is 0 Å². The van der Waals surface area contributed by atoms with E-state index in [1.54, 1.807) is 7.11 Å². The van der Waals surface area contributed by atoms with Gasteiger partial charge in [-0.3, -0.25) is 4.79 Å². The fourth-order valence-corrected chi connectivity index (χ4v) is 6.40. The van der Waals surface area contributed by atoms with E-state index < -0.39 is 11.3 Å². The highest BCUT2D eigenvalue weighted by molar-refractivity contribution is 6.41. The van der Waals surface area contributed by atoms with Crippen LogP contribution in [0.25, 0.3) is 0 Å². The van der Waals surface area contributed by atoms with E-state index in [9.17, 15) is 9.59 Å². The van der Waals surface area contributed by atoms with Crippen LogP contribution in [0.4, 0.5) is 0 Å². The van der Waals surface area contributed by atoms with Gasteiger partial charge in [0, 0.05) is 12.3 Å². The number of halogens is 1. The van der Waals surface area contributed by atoms with E-state index in [0.717, 1.165) is 43.4 Å². The molecule has 0 amide bonds. The number of esters is 1. The van der Waals surface area contributed by atoms with Crippen molar-refractivity contribution >= 4 is 23.4 Å². The molecule has 4 atom stereocenters. The van der Waals surface area contributed by atoms with Crippen molar-refractivity contribution in [3.63, 3.8) is 0 Å². The first-order valence-electron chi connectivity index (χ1n) is 15.2. The Morgan fingerprint density at radius 1 is 1.05 bits per heavy atom. The van der Waals surface area contributed by atoms with Gasteiger partial charge in [-0.15, -0.1) is 11.6 Å². The van der Waals surface area contributed by atoms with Gasteiger partial charge in [-0.1, -0.05) is 101 Å². The lowest BCUT2D eigenvalue weighted by molar-refractivity contribution is -0.157. The van der Waals surface area contributed by atoms with Gasteiger partial charge in [-0.25, -0.2) is 4.79 Å². The first-order valence-corrected chi connectivity index (χ1v) is 15.6. The SMILES string of the molecule is COc1c(CC/C=C(\C)CCC(=O)C(Cl)C(=O)O[C@@H]2C[C@H](C)CC[C@H]2C(C)(C)c2ccccc2)cccc1C(C)C. The molecule has 0 radical (unpaired) electrons. The third kappa shape index (κ3) is 8.70. The number of methoxy groups -OCH3 is 1. The summed E-state index contributed by atoms with van der Waals surface area (Å²) >= 11 is 6.40. The third-order valence-corrected chi connectivity index (χ3v) is 9.30. The number of aryl methyl sites for hydroxylation is 1. The summed E-state index contributed by atoms with van der Waals surface area (Å²) in [6.45, 7) is 13.0. The molecule has 0 saturated heterocycles. The molecular weight excluding hydrogens is 532 g/mol. The highest BCUT2D eigenvalue weighted by Gasteiger charge is 2.43. The van der Waals surface area contributed by atoms with E-state index in [1.165, 1.54) is 16.7 Å². The quantitative estimate of drug-likeness (QED) is 0.103. The number of Topliss-reactive ketones (excluding diaryl/α,β-unsaturated/α-hetero) is 1. The van der Waals surface area contributed by atoms with Crippen LogP contribution in [-0.4, -0.2) is 30.3 Å². The van der Waals surface area contributed by atoms with Crippen molar-refractivity contribution in [1.82, 2.24) is 0 Å². The van der Waals surface area contributed by atoms with Crippen molar-refractivity contribution in [2.75, 3.05) is 7.11 Å². The summed E-state index contributed by atoms with van der Waals surface area (Å²) in [7, 11) is 1.73. The number of carbonyl (C=O) groups is 2. The summed E-state index contributed by atoms with van der Waals surface area (Å²) in [5.41, 5.74) is 4.58. The number of ketones is 1. The van der Waals surface area contributed by atoms with Crippen LogP contribution in [0.1, 0.15) is 103 Å². The van der Waals surface area contributed by atoms with Crippen LogP contribution in [0.2, 0.25) is 0 Å². The first kappa shape index (κ1) is 32.9. The molecule has 2 aromatic rings. The molecule has 0 aromatic heterocycles. The van der Waals surface area contributed by atoms with Crippen LogP contribution in [0.5, 0.6) is 5.75 Å². The van der Waals surface area contributed by atoms with Gasteiger partial charge in [0.1, 0.15) is 11.9 Å². The highest BCUT2D eigenvalue weighted by atomic mass is 35.5. The molecule has 0 N–H and O–H groups in total. The minimum atomic E-state index is -1.27. The minimum Gasteiger partial charge on any atom is -0.496 e. The summed E-state index contributed by atoms with van der Waals surface area (Å²) in [5.74, 6) is 1.09. The first-order chi connectivity index (χ1) is 19.4. The molecule has 1 fully saturated rings. The molecule has 0 aliphatic heterocycles. The number of ether oxygens (including phenoxy) is 2. The smallest absolute Gasteiger partial charge is 0.332 e. The molecule has 1 aliphatic rings. The van der Waals surface area contributed by atoms with Crippen molar-refractivity contribution in [2.45, 2.75) is 109 Å². The molecule has 0 spiro atoms. The van der Waals surface area contributed by atoms with Crippen molar-refractivity contribution in [2.24, 2.45) is 11.8 Å². The number of hydrogen-bond acceptors (Lipinski definition) is 4. The second kappa shape index (κ2) is 15.0. The average molecular weight is 581 g/mol. The van der Waals surface area contributed by atoms with Crippen molar-refractivity contribution in [3.05, 3.63) is 76.9 Å². The van der Waals surface area contributed by atoms with E-state index >= 15 is 0 Å². The van der Waals surface area contributed by atoms with Gasteiger partial charge in [0.15, 0.2) is 11.2 Å². The molecule has 1 aliphatic carbocycles. The predicted octanol–water partition coefficient (Wildman–Crippen LogP) is 8.98. The van der Waals surface area contributed by atoms with Crippen molar-refractivity contribution < 1.29 is 19.1 Å². The lowest BCUT2D eigenvalue weighted by Gasteiger charge is -2.44. The maximum atomic E-state index is 13.1. The van der Waals surface area contributed by atoms with Gasteiger partial charge < -0.3 is 9.47 Å². The second-order valence-electron chi connectivity index (χ2n) is 12.7. The Morgan fingerprint density at radius 3 is 2.41 bits per heavy atom. The Labute approximate surface area is 252 Å². The van der Waals surface area contributed by atoms with Gasteiger partial charge in [0.05, 0.1) is 7.11 Å². The lowest BCUT2D eigenvalue weighted by atomic mass is 9.64. The number of benzene rings is 2. The van der Waals surface area contributed by atoms with E-state index in [0.29, 0.717) is 18.3 Å². The molecule has 1 saturated carbocycles. The standard InChI is InChI=1S/C36H49ClO4/c1-24(2)29-18-12-15-27(34(29)40-7)14-11-13-25(3)20-22-31(38)33(37)35(39)41-32-23-26(4)19-21-30(32)36(5,6)28-16-9-8-10-17-28/h8-10,12-13,15-18,24,26,30,32-33H,11,14,19-23H2,1-7H3/b25-13+/t26-,30-,32-,33?/m1/s1. The van der Waals surface area contributed by atoms with Crippen LogP contribution in [0, 0.1) is 11.8 Å². The highest BCUT2D eigenvalue weighted by Crippen LogP contribution is 2.43. The number of carbonyl (C=O) groups excluding carboxylic acids is 2. The summed E-state index contributed by atoms with van der Waals surface area (Å²) < 4.78 is 11.7. The summed E-state index contributed by atoms with van der Waals surface area (Å²) in [5, 5.41) is -1.27. The summed E-state index contributed by atoms with van der Waals surface area (Å²) in [6, 6.07) is 16.7. The Morgan fingerprint density at radius 2 is 1.76 bits per heavy atom. The summed E-state index contributed by atoms with van der Waals surface area (Å²) in [4.78, 5) is 26.0. The molecule has 224 valence electrons. The zero-order valence-electron chi connectivity index (χ0n) is 26.0. The Kier molecular flexibility index (Phi) is 12.1. The van der Waals surface area contributed by atoms with Gasteiger partial charge >= 0.3 is 5.97 Å². The predicted molar refractivity (Wildman–Crippen MR) is 169 cm³/mol. The topological polar surface area (TPSA) is 52.6 Å². The Bertz CT molecular complexity index is 1180. The normalized spacial score (nSPS) is 20.5. The molecule has 5 heteroatoms. The van der Waals surface area contributed by atoms with Crippen LogP contribution in [0.15, 0.2) is 60.2 Å². The Balaban J connectivity index is 1.55. The van der Waals surface area contributed by atoms with E-state index in [-0.39, 0.29) is 29.6 Å². The molecule has 2 aromatic carbocycles. The largest absolute Gasteiger partial charge is 0.496 e. The number of allylic oxidation sites excluding steroid dienone is 2. The second-order valence-corrected chi connectivity index (χ2v) is 13.1. The molecule has 41 heavy (non-hydrogen) atoms. The van der Waals surface area contributed by atoms with Gasteiger partial charge in [-0.05, 0) is 73.0 Å². The Hall–Kier alpha value is -2.59. The molecule has 1 unspecified atom stereocenters. The number of rotatable bonds is 13. The molecule has 3 rings (SSSR count). The van der Waals surface area contributed by atoms with Crippen LogP contribution in [0.3, 0.4) is 0 Å². The van der Waals surface area contributed by atoms with E-state index in [4.69, 9.17) is 21.1 Å². The molecule has 0 bridgehead atoms. The van der Waals surface area contributed by atoms with Crippen molar-refractivity contribution in [3.8, 4) is 5.75 Å². The van der Waals surface area contributed by atoms with Crippen LogP contribution in [-0.2, 0) is 26.2 Å². The molecule has 4 nitrogen and oxygen atoms in total. The minimum absolute atomic E-state index is 0.161. The van der Waals surface area contributed by atoms with E-state index in [2.05, 4.69) is 83.2 Å². The molecular formula is C36H49ClO4. The van der Waals surface area contributed by atoms with Crippen LogP contribution < -0.4 is 4.74 Å². The lowest BCUT2D eigenvalue weighted by Crippen LogP contribution is -2.45. The monoisotopic (exact) mass is 580 g/mol. The summed E-state index contributed by atoms with van der Waals surface area (Å²) in [6.07, 6.45) is 7.26. The zero-order valence-corrected chi connectivity index (χ0v) is 26.8. The van der Waals surface area contributed by atoms with Gasteiger partial charge in [0.2, 0.25) is 0 Å². The number of para-hydroxylation sites is 1. The maximum absolute atomic E-state index is 13.1. The van der Waals surface area contributed by atoms with Gasteiger partial charge in [0.25, 0.3) is 0 Å². The fourth-order valence-electron chi connectivity index (χ4n) is 6.24. The fraction of sp³-hybridized carbons (Fsp3) is 0.556. The van der Waals surface area contributed by atoms with E-state index in [1.807, 2.05) is 13.0 Å². The number of hydrogen-bond donors (Lipinski definition) is 0. The third-order valence-electron chi connectivity index (χ3n) is 8.88. The zero-order chi connectivity index (χ0) is 30.2. The maximum Gasteiger partial charge on any atom is 0.332 e. The molecule has 0 heterocycles. The average Bonchev–Trinajstić information content (AvgIpc) is 2.95. The van der Waals surface area contributed by atoms with Gasteiger partial charge in [-0.2, -0.15) is 0 Å². The van der Waals surface area contributed by atoms with Crippen LogP contribution >= 0.6 is 11.6 Å². The number of alkyl halides is 1.